The van der Waals surface area contributed by atoms with Gasteiger partial charge in [-0.3, -0.25) is 9.59 Å². The smallest absolute Gasteiger partial charge is 0.308 e. The first-order chi connectivity index (χ1) is 11.6. The summed E-state index contributed by atoms with van der Waals surface area (Å²) in [7, 11) is 1.68. The van der Waals surface area contributed by atoms with Crippen LogP contribution in [0.25, 0.3) is 0 Å². The van der Waals surface area contributed by atoms with Crippen molar-refractivity contribution in [2.75, 3.05) is 33.4 Å². The van der Waals surface area contributed by atoms with Crippen molar-refractivity contribution >= 4 is 11.9 Å². The van der Waals surface area contributed by atoms with Gasteiger partial charge in [0.05, 0.1) is 19.1 Å². The number of amides is 1. The first-order valence-electron chi connectivity index (χ1n) is 8.31. The monoisotopic (exact) mass is 335 g/mol. The number of carboxylic acid groups (broad SMARTS) is 1. The van der Waals surface area contributed by atoms with Crippen LogP contribution in [0.15, 0.2) is 24.3 Å². The van der Waals surface area contributed by atoms with Crippen molar-refractivity contribution in [1.29, 1.82) is 0 Å². The molecule has 0 radical (unpaired) electrons. The number of carboxylic acids is 1. The third-order valence-electron chi connectivity index (χ3n) is 4.21. The van der Waals surface area contributed by atoms with Gasteiger partial charge in [0.25, 0.3) is 0 Å². The van der Waals surface area contributed by atoms with E-state index in [4.69, 9.17) is 14.6 Å². The Labute approximate surface area is 142 Å². The number of carbonyl (C=O) groups is 2. The zero-order chi connectivity index (χ0) is 17.4. The third kappa shape index (κ3) is 5.53. The summed E-state index contributed by atoms with van der Waals surface area (Å²) in [5.74, 6) is -0.433. The molecule has 1 unspecified atom stereocenters. The van der Waals surface area contributed by atoms with Crippen LogP contribution in [0.2, 0.25) is 0 Å². The van der Waals surface area contributed by atoms with Crippen LogP contribution in [0.5, 0.6) is 5.75 Å². The van der Waals surface area contributed by atoms with Crippen molar-refractivity contribution < 1.29 is 24.2 Å². The molecular weight excluding hydrogens is 310 g/mol. The molecule has 6 nitrogen and oxygen atoms in total. The number of ether oxygens (including phenoxy) is 2. The van der Waals surface area contributed by atoms with Gasteiger partial charge in [-0.25, -0.2) is 0 Å². The molecule has 1 aliphatic rings. The zero-order valence-corrected chi connectivity index (χ0v) is 14.1. The van der Waals surface area contributed by atoms with Gasteiger partial charge in [-0.05, 0) is 37.0 Å². The molecular formula is C18H25NO5. The highest BCUT2D eigenvalue weighted by Crippen LogP contribution is 2.18. The summed E-state index contributed by atoms with van der Waals surface area (Å²) in [6, 6.07) is 7.86. The molecule has 6 heteroatoms. The summed E-state index contributed by atoms with van der Waals surface area (Å²) >= 11 is 0. The van der Waals surface area contributed by atoms with Crippen LogP contribution in [0.1, 0.15) is 24.8 Å². The fourth-order valence-electron chi connectivity index (χ4n) is 2.73. The van der Waals surface area contributed by atoms with Crippen molar-refractivity contribution in [3.05, 3.63) is 29.8 Å². The lowest BCUT2D eigenvalue weighted by atomic mass is 10.1. The van der Waals surface area contributed by atoms with Crippen molar-refractivity contribution in [1.82, 2.24) is 4.90 Å². The molecule has 1 heterocycles. The molecule has 1 N–H and O–H groups in total. The molecule has 1 fully saturated rings. The average molecular weight is 335 g/mol. The number of likely N-dealkylation sites (tertiary alicyclic amines) is 1. The Bertz CT molecular complexity index is 543. The van der Waals surface area contributed by atoms with Crippen molar-refractivity contribution in [3.8, 4) is 5.75 Å². The molecule has 1 aromatic carbocycles. The largest absolute Gasteiger partial charge is 0.494 e. The second kappa shape index (κ2) is 9.27. The number of benzene rings is 1. The minimum absolute atomic E-state index is 0.0114. The van der Waals surface area contributed by atoms with E-state index < -0.39 is 11.9 Å². The number of rotatable bonds is 9. The maximum atomic E-state index is 12.0. The number of carbonyl (C=O) groups excluding carboxylic acids is 1. The van der Waals surface area contributed by atoms with Crippen LogP contribution in [-0.2, 0) is 20.7 Å². The average Bonchev–Trinajstić information content (AvgIpc) is 3.08. The van der Waals surface area contributed by atoms with Crippen LogP contribution in [0, 0.1) is 5.92 Å². The first kappa shape index (κ1) is 18.3. The maximum absolute atomic E-state index is 12.0. The number of methoxy groups -OCH3 is 1. The predicted octanol–water partition coefficient (Wildman–Crippen LogP) is 1.97. The van der Waals surface area contributed by atoms with Gasteiger partial charge in [-0.15, -0.1) is 0 Å². The second-order valence-corrected chi connectivity index (χ2v) is 6.00. The van der Waals surface area contributed by atoms with Gasteiger partial charge in [0.2, 0.25) is 5.91 Å². The maximum Gasteiger partial charge on any atom is 0.308 e. The number of hydrogen-bond donors (Lipinski definition) is 1. The molecule has 24 heavy (non-hydrogen) atoms. The van der Waals surface area contributed by atoms with Gasteiger partial charge in [0.15, 0.2) is 0 Å². The highest BCUT2D eigenvalue weighted by Gasteiger charge is 2.30. The third-order valence-corrected chi connectivity index (χ3v) is 4.21. The van der Waals surface area contributed by atoms with E-state index in [2.05, 4.69) is 0 Å². The minimum Gasteiger partial charge on any atom is -0.494 e. The fraction of sp³-hybridized carbons (Fsp3) is 0.556. The lowest BCUT2D eigenvalue weighted by Gasteiger charge is -2.15. The van der Waals surface area contributed by atoms with Gasteiger partial charge in [0, 0.05) is 26.6 Å². The standard InChI is InChI=1S/C18H25NO5/c1-23-12-9-14-4-6-16(7-5-14)24-11-2-3-17(20)19-10-8-15(13-19)18(21)22/h4-7,15H,2-3,8-13H2,1H3,(H,21,22). The van der Waals surface area contributed by atoms with E-state index in [0.29, 0.717) is 45.6 Å². The molecule has 0 aromatic heterocycles. The second-order valence-electron chi connectivity index (χ2n) is 6.00. The Morgan fingerprint density at radius 3 is 2.62 bits per heavy atom. The molecule has 0 spiro atoms. The zero-order valence-electron chi connectivity index (χ0n) is 14.1. The van der Waals surface area contributed by atoms with Crippen LogP contribution < -0.4 is 4.74 Å². The highest BCUT2D eigenvalue weighted by molar-refractivity contribution is 5.78. The van der Waals surface area contributed by atoms with Crippen LogP contribution >= 0.6 is 0 Å². The Morgan fingerprint density at radius 1 is 1.25 bits per heavy atom. The van der Waals surface area contributed by atoms with E-state index in [1.54, 1.807) is 12.0 Å². The van der Waals surface area contributed by atoms with Gasteiger partial charge in [0.1, 0.15) is 5.75 Å². The van der Waals surface area contributed by atoms with Crippen LogP contribution in [-0.4, -0.2) is 55.3 Å². The van der Waals surface area contributed by atoms with Crippen molar-refractivity contribution in [2.24, 2.45) is 5.92 Å². The van der Waals surface area contributed by atoms with E-state index in [-0.39, 0.29) is 5.91 Å². The van der Waals surface area contributed by atoms with E-state index in [9.17, 15) is 9.59 Å². The highest BCUT2D eigenvalue weighted by atomic mass is 16.5. The molecule has 132 valence electrons. The summed E-state index contributed by atoms with van der Waals surface area (Å²) in [6.07, 6.45) is 2.43. The molecule has 1 atom stereocenters. The molecule has 1 amide bonds. The van der Waals surface area contributed by atoms with E-state index >= 15 is 0 Å². The van der Waals surface area contributed by atoms with E-state index in [0.717, 1.165) is 12.2 Å². The van der Waals surface area contributed by atoms with E-state index in [1.807, 2.05) is 24.3 Å². The Balaban J connectivity index is 1.64. The van der Waals surface area contributed by atoms with Crippen molar-refractivity contribution in [3.63, 3.8) is 0 Å². The summed E-state index contributed by atoms with van der Waals surface area (Å²) in [6.45, 7) is 2.04. The Morgan fingerprint density at radius 2 is 2.00 bits per heavy atom. The summed E-state index contributed by atoms with van der Waals surface area (Å²) < 4.78 is 10.7. The molecule has 1 saturated heterocycles. The quantitative estimate of drug-likeness (QED) is 0.698. The van der Waals surface area contributed by atoms with Gasteiger partial charge < -0.3 is 19.5 Å². The molecule has 0 aliphatic carbocycles. The Kier molecular flexibility index (Phi) is 7.06. The lowest BCUT2D eigenvalue weighted by molar-refractivity contribution is -0.141. The molecule has 0 saturated carbocycles. The fourth-order valence-corrected chi connectivity index (χ4v) is 2.73. The van der Waals surface area contributed by atoms with Crippen LogP contribution in [0.4, 0.5) is 0 Å². The number of nitrogens with zero attached hydrogens (tertiary/aromatic N) is 1. The first-order valence-corrected chi connectivity index (χ1v) is 8.31. The minimum atomic E-state index is -0.817. The molecule has 0 bridgehead atoms. The van der Waals surface area contributed by atoms with Gasteiger partial charge in [-0.1, -0.05) is 12.1 Å². The van der Waals surface area contributed by atoms with Gasteiger partial charge in [-0.2, -0.15) is 0 Å². The van der Waals surface area contributed by atoms with Crippen LogP contribution in [0.3, 0.4) is 0 Å². The van der Waals surface area contributed by atoms with E-state index in [1.165, 1.54) is 5.56 Å². The van der Waals surface area contributed by atoms with Crippen molar-refractivity contribution in [2.45, 2.75) is 25.7 Å². The number of aliphatic carboxylic acids is 1. The predicted molar refractivity (Wildman–Crippen MR) is 89.1 cm³/mol. The molecule has 2 rings (SSSR count). The molecule has 1 aromatic rings. The molecule has 1 aliphatic heterocycles. The summed E-state index contributed by atoms with van der Waals surface area (Å²) in [5, 5.41) is 8.96. The SMILES string of the molecule is COCCc1ccc(OCCCC(=O)N2CCC(C(=O)O)C2)cc1. The lowest BCUT2D eigenvalue weighted by Crippen LogP contribution is -2.30. The number of hydrogen-bond acceptors (Lipinski definition) is 4. The summed E-state index contributed by atoms with van der Waals surface area (Å²) in [5.41, 5.74) is 1.20. The normalized spacial score (nSPS) is 17.0. The Hall–Kier alpha value is -2.08. The van der Waals surface area contributed by atoms with Gasteiger partial charge >= 0.3 is 5.97 Å². The summed E-state index contributed by atoms with van der Waals surface area (Å²) in [4.78, 5) is 24.6. The topological polar surface area (TPSA) is 76.1 Å².